The molecule has 11 heteroatoms. The molecule has 164 valence electrons. The zero-order chi connectivity index (χ0) is 22.9. The Morgan fingerprint density at radius 3 is 2.61 bits per heavy atom. The normalized spacial score (nSPS) is 11.4. The third-order valence-corrected chi connectivity index (χ3v) is 5.01. The summed E-state index contributed by atoms with van der Waals surface area (Å²) >= 11 is 0. The fraction of sp³-hybridized carbons (Fsp3) is 0.200. The molecule has 0 bridgehead atoms. The van der Waals surface area contributed by atoms with Crippen molar-refractivity contribution in [1.29, 1.82) is 0 Å². The Hall–Kier alpha value is -3.44. The van der Waals surface area contributed by atoms with Crippen molar-refractivity contribution in [1.82, 2.24) is 4.90 Å². The summed E-state index contributed by atoms with van der Waals surface area (Å²) in [5.74, 6) is -1.32. The number of nitrogens with two attached hydrogens (primary N) is 1. The third-order valence-electron chi connectivity index (χ3n) is 4.49. The molecule has 0 aliphatic rings. The average molecular weight is 449 g/mol. The lowest BCUT2D eigenvalue weighted by Gasteiger charge is -2.13. The average Bonchev–Trinajstić information content (AvgIpc) is 2.66. The lowest BCUT2D eigenvalue weighted by atomic mass is 9.99. The highest BCUT2D eigenvalue weighted by Gasteiger charge is 2.20. The number of hydrogen-bond donors (Lipinski definition) is 2. The Kier molecular flexibility index (Phi) is 6.00. The number of benzene rings is 2. The highest BCUT2D eigenvalue weighted by Crippen LogP contribution is 2.29. The van der Waals surface area contributed by atoms with E-state index in [2.05, 4.69) is 4.72 Å². The second-order valence-electron chi connectivity index (χ2n) is 7.03. The molecule has 0 atom stereocenters. The Labute approximate surface area is 177 Å². The van der Waals surface area contributed by atoms with Crippen LogP contribution < -0.4 is 20.2 Å². The molecule has 1 amide bonds. The summed E-state index contributed by atoms with van der Waals surface area (Å²) in [6.07, 6.45) is -0.662. The van der Waals surface area contributed by atoms with Gasteiger partial charge in [0, 0.05) is 31.5 Å². The molecule has 0 aliphatic carbocycles. The molecule has 3 rings (SSSR count). The number of rotatable bonds is 5. The van der Waals surface area contributed by atoms with Crippen LogP contribution in [0.15, 0.2) is 45.6 Å². The molecule has 0 spiro atoms. The zero-order valence-electron chi connectivity index (χ0n) is 16.9. The molecule has 3 N–H and O–H groups in total. The molecule has 0 unspecified atom stereocenters. The van der Waals surface area contributed by atoms with Gasteiger partial charge in [-0.05, 0) is 42.3 Å². The number of hydrogen-bond acceptors (Lipinski definition) is 6. The van der Waals surface area contributed by atoms with Gasteiger partial charge in [0.25, 0.3) is 10.2 Å². The lowest BCUT2D eigenvalue weighted by Crippen LogP contribution is -2.25. The highest BCUT2D eigenvalue weighted by molar-refractivity contribution is 7.90. The van der Waals surface area contributed by atoms with Crippen molar-refractivity contribution in [2.45, 2.75) is 13.3 Å². The van der Waals surface area contributed by atoms with E-state index in [4.69, 9.17) is 14.3 Å². The molecule has 0 saturated heterocycles. The number of carbonyl (C=O) groups excluding carboxylic acids is 1. The van der Waals surface area contributed by atoms with Crippen molar-refractivity contribution < 1.29 is 26.8 Å². The van der Waals surface area contributed by atoms with Crippen molar-refractivity contribution in [3.05, 3.63) is 69.3 Å². The molecular weight excluding hydrogens is 429 g/mol. The van der Waals surface area contributed by atoms with Crippen molar-refractivity contribution in [3.8, 4) is 5.75 Å². The van der Waals surface area contributed by atoms with Crippen molar-refractivity contribution >= 4 is 33.0 Å². The smallest absolute Gasteiger partial charge is 0.414 e. The van der Waals surface area contributed by atoms with Crippen LogP contribution in [0.25, 0.3) is 11.0 Å². The van der Waals surface area contributed by atoms with Gasteiger partial charge in [0.05, 0.1) is 5.69 Å². The van der Waals surface area contributed by atoms with Crippen LogP contribution in [-0.2, 0) is 16.6 Å². The number of aryl methyl sites for hydroxylation is 1. The van der Waals surface area contributed by atoms with Gasteiger partial charge < -0.3 is 14.1 Å². The van der Waals surface area contributed by atoms with Crippen LogP contribution in [0.4, 0.5) is 14.9 Å². The summed E-state index contributed by atoms with van der Waals surface area (Å²) in [6, 6.07) is 9.12. The largest absolute Gasteiger partial charge is 0.419 e. The fourth-order valence-electron chi connectivity index (χ4n) is 2.99. The molecule has 0 aliphatic heterocycles. The molecule has 2 aromatic carbocycles. The molecular formula is C20H20FN3O6S. The van der Waals surface area contributed by atoms with E-state index in [1.54, 1.807) is 19.1 Å². The van der Waals surface area contributed by atoms with Gasteiger partial charge in [-0.1, -0.05) is 12.1 Å². The number of fused-ring (bicyclic) bond motifs is 1. The van der Waals surface area contributed by atoms with Crippen molar-refractivity contribution in [2.75, 3.05) is 18.8 Å². The van der Waals surface area contributed by atoms with Crippen LogP contribution in [0.1, 0.15) is 16.7 Å². The minimum absolute atomic E-state index is 0.114. The van der Waals surface area contributed by atoms with Crippen LogP contribution >= 0.6 is 0 Å². The first-order valence-corrected chi connectivity index (χ1v) is 10.5. The monoisotopic (exact) mass is 449 g/mol. The number of anilines is 1. The third kappa shape index (κ3) is 5.01. The summed E-state index contributed by atoms with van der Waals surface area (Å²) in [5, 5.41) is 5.32. The number of nitrogens with zero attached hydrogens (tertiary/aromatic N) is 1. The Balaban J connectivity index is 2.01. The van der Waals surface area contributed by atoms with Crippen LogP contribution in [-0.4, -0.2) is 33.5 Å². The van der Waals surface area contributed by atoms with Gasteiger partial charge in [-0.25, -0.2) is 14.7 Å². The fourth-order valence-corrected chi connectivity index (χ4v) is 3.44. The number of amides is 1. The minimum atomic E-state index is -3.95. The Morgan fingerprint density at radius 1 is 1.26 bits per heavy atom. The van der Waals surface area contributed by atoms with Gasteiger partial charge >= 0.3 is 11.7 Å². The van der Waals surface area contributed by atoms with Crippen LogP contribution in [0.5, 0.6) is 5.75 Å². The van der Waals surface area contributed by atoms with Gasteiger partial charge in [0.1, 0.15) is 0 Å². The van der Waals surface area contributed by atoms with E-state index in [0.717, 1.165) is 4.90 Å². The van der Waals surface area contributed by atoms with Gasteiger partial charge in [-0.3, -0.25) is 4.72 Å². The van der Waals surface area contributed by atoms with Crippen molar-refractivity contribution in [3.63, 3.8) is 0 Å². The van der Waals surface area contributed by atoms with Gasteiger partial charge in [-0.2, -0.15) is 12.8 Å². The maximum absolute atomic E-state index is 14.8. The van der Waals surface area contributed by atoms with E-state index in [0.29, 0.717) is 16.5 Å². The molecule has 0 radical (unpaired) electrons. The minimum Gasteiger partial charge on any atom is -0.419 e. The van der Waals surface area contributed by atoms with E-state index in [1.165, 1.54) is 38.4 Å². The molecule has 0 saturated carbocycles. The maximum atomic E-state index is 14.8. The second kappa shape index (κ2) is 8.36. The maximum Gasteiger partial charge on any atom is 0.414 e. The van der Waals surface area contributed by atoms with Gasteiger partial charge in [0.15, 0.2) is 11.3 Å². The Bertz CT molecular complexity index is 1330. The molecule has 9 nitrogen and oxygen atoms in total. The van der Waals surface area contributed by atoms with E-state index in [9.17, 15) is 22.4 Å². The second-order valence-corrected chi connectivity index (χ2v) is 8.33. The van der Waals surface area contributed by atoms with Gasteiger partial charge in [0.2, 0.25) is 5.82 Å². The first-order chi connectivity index (χ1) is 14.5. The first kappa shape index (κ1) is 22.2. The van der Waals surface area contributed by atoms with E-state index in [-0.39, 0.29) is 29.0 Å². The standard InChI is InChI=1S/C20H20FN3O6S/c1-11-14-7-8-16(29-20(26)24(2)3)17(21)18(14)30-19(25)15(11)10-12-5-4-6-13(9-12)23-31(22,27)28/h4-9,23H,10H2,1-3H3,(H2,22,27,28). The Morgan fingerprint density at radius 2 is 1.97 bits per heavy atom. The number of carbonyl (C=O) groups is 1. The number of nitrogens with one attached hydrogen (secondary N) is 1. The summed E-state index contributed by atoms with van der Waals surface area (Å²) in [7, 11) is -1.05. The first-order valence-electron chi connectivity index (χ1n) is 8.99. The van der Waals surface area contributed by atoms with Crippen LogP contribution in [0.2, 0.25) is 0 Å². The van der Waals surface area contributed by atoms with Crippen molar-refractivity contribution in [2.24, 2.45) is 5.14 Å². The SMILES string of the molecule is Cc1c(Cc2cccc(NS(N)(=O)=O)c2)c(=O)oc2c(F)c(OC(=O)N(C)C)ccc12. The quantitative estimate of drug-likeness (QED) is 0.575. The zero-order valence-corrected chi connectivity index (χ0v) is 17.7. The van der Waals surface area contributed by atoms with E-state index < -0.39 is 27.7 Å². The molecule has 1 aromatic heterocycles. The lowest BCUT2D eigenvalue weighted by molar-refractivity contribution is 0.170. The van der Waals surface area contributed by atoms with E-state index in [1.807, 2.05) is 0 Å². The summed E-state index contributed by atoms with van der Waals surface area (Å²) in [4.78, 5) is 25.4. The molecule has 3 aromatic rings. The molecule has 31 heavy (non-hydrogen) atoms. The molecule has 1 heterocycles. The molecule has 0 fully saturated rings. The van der Waals surface area contributed by atoms with Gasteiger partial charge in [-0.15, -0.1) is 0 Å². The topological polar surface area (TPSA) is 132 Å². The van der Waals surface area contributed by atoms with Crippen LogP contribution in [0, 0.1) is 12.7 Å². The number of halogens is 1. The van der Waals surface area contributed by atoms with E-state index >= 15 is 0 Å². The number of ether oxygens (including phenoxy) is 1. The summed E-state index contributed by atoms with van der Waals surface area (Å²) in [6.45, 7) is 1.64. The predicted octanol–water partition coefficient (Wildman–Crippen LogP) is 2.51. The van der Waals surface area contributed by atoms with Crippen LogP contribution in [0.3, 0.4) is 0 Å². The predicted molar refractivity (Wildman–Crippen MR) is 113 cm³/mol. The summed E-state index contributed by atoms with van der Waals surface area (Å²) < 4.78 is 49.6. The summed E-state index contributed by atoms with van der Waals surface area (Å²) in [5.41, 5.74) is 0.532. The highest BCUT2D eigenvalue weighted by atomic mass is 32.2.